The smallest absolute Gasteiger partial charge is 0.257 e. The van der Waals surface area contributed by atoms with Gasteiger partial charge in [-0.3, -0.25) is 10.1 Å². The number of aromatic nitrogens is 4. The third kappa shape index (κ3) is 3.40. The van der Waals surface area contributed by atoms with Crippen molar-refractivity contribution in [1.29, 1.82) is 0 Å². The van der Waals surface area contributed by atoms with Gasteiger partial charge in [0.25, 0.3) is 5.91 Å². The molecule has 0 aliphatic carbocycles. The molecule has 0 saturated heterocycles. The number of fused-ring (bicyclic) bond motifs is 1. The van der Waals surface area contributed by atoms with Crippen molar-refractivity contribution in [3.05, 3.63) is 71.1 Å². The lowest BCUT2D eigenvalue weighted by Gasteiger charge is -2.06. The summed E-state index contributed by atoms with van der Waals surface area (Å²) < 4.78 is 7.78. The van der Waals surface area contributed by atoms with Crippen LogP contribution in [0.2, 0.25) is 0 Å². The van der Waals surface area contributed by atoms with Gasteiger partial charge in [-0.2, -0.15) is 0 Å². The molecule has 1 amide bonds. The number of benzene rings is 1. The largest absolute Gasteiger partial charge is 0.487 e. The molecule has 4 rings (SSSR count). The molecular formula is C18H15N5O2S. The van der Waals surface area contributed by atoms with Crippen LogP contribution in [-0.2, 0) is 6.61 Å². The molecule has 0 aliphatic heterocycles. The van der Waals surface area contributed by atoms with Gasteiger partial charge in [-0.25, -0.2) is 4.98 Å². The Morgan fingerprint density at radius 3 is 3.04 bits per heavy atom. The molecule has 3 heterocycles. The second-order valence-electron chi connectivity index (χ2n) is 5.67. The van der Waals surface area contributed by atoms with E-state index in [1.54, 1.807) is 23.7 Å². The highest BCUT2D eigenvalue weighted by Crippen LogP contribution is 2.18. The zero-order valence-corrected chi connectivity index (χ0v) is 14.7. The fourth-order valence-electron chi connectivity index (χ4n) is 2.56. The van der Waals surface area contributed by atoms with Crippen molar-refractivity contribution in [1.82, 2.24) is 19.6 Å². The Kier molecular flexibility index (Phi) is 4.32. The molecular weight excluding hydrogens is 350 g/mol. The number of pyridine rings is 1. The van der Waals surface area contributed by atoms with Crippen LogP contribution >= 0.6 is 11.3 Å². The van der Waals surface area contributed by atoms with Gasteiger partial charge < -0.3 is 9.14 Å². The predicted octanol–water partition coefficient (Wildman–Crippen LogP) is 3.33. The second kappa shape index (κ2) is 6.93. The molecule has 26 heavy (non-hydrogen) atoms. The summed E-state index contributed by atoms with van der Waals surface area (Å²) in [5.74, 6) is 0.347. The molecule has 0 bridgehead atoms. The van der Waals surface area contributed by atoms with Gasteiger partial charge in [0.2, 0.25) is 5.13 Å². The molecule has 1 N–H and O–H groups in total. The third-order valence-corrected chi connectivity index (χ3v) is 4.40. The standard InChI is InChI=1S/C18H15N5O2S/c1-12-4-3-7-23-9-14(20-16(12)23)10-25-15-6-2-5-13(8-15)17(24)21-18-22-19-11-26-18/h2-9,11H,10H2,1H3,(H,21,22,24). The zero-order chi connectivity index (χ0) is 17.9. The van der Waals surface area contributed by atoms with Gasteiger partial charge in [-0.05, 0) is 36.8 Å². The van der Waals surface area contributed by atoms with Crippen LogP contribution in [0, 0.1) is 6.92 Å². The van der Waals surface area contributed by atoms with E-state index in [1.807, 2.05) is 41.9 Å². The molecule has 130 valence electrons. The lowest BCUT2D eigenvalue weighted by molar-refractivity contribution is 0.102. The first-order valence-corrected chi connectivity index (χ1v) is 8.80. The summed E-state index contributed by atoms with van der Waals surface area (Å²) in [6.07, 6.45) is 3.89. The molecule has 4 aromatic rings. The summed E-state index contributed by atoms with van der Waals surface area (Å²) >= 11 is 1.26. The highest BCUT2D eigenvalue weighted by molar-refractivity contribution is 7.13. The Hall–Kier alpha value is -3.26. The molecule has 0 radical (unpaired) electrons. The van der Waals surface area contributed by atoms with E-state index in [0.717, 1.165) is 16.9 Å². The van der Waals surface area contributed by atoms with E-state index in [1.165, 1.54) is 11.3 Å². The van der Waals surface area contributed by atoms with Crippen LogP contribution in [0.15, 0.2) is 54.3 Å². The van der Waals surface area contributed by atoms with E-state index in [4.69, 9.17) is 4.74 Å². The number of ether oxygens (including phenoxy) is 1. The maximum absolute atomic E-state index is 12.2. The van der Waals surface area contributed by atoms with Crippen LogP contribution in [0.1, 0.15) is 21.6 Å². The molecule has 1 aromatic carbocycles. The molecule has 8 heteroatoms. The predicted molar refractivity (Wildman–Crippen MR) is 98.6 cm³/mol. The molecule has 0 spiro atoms. The van der Waals surface area contributed by atoms with E-state index in [-0.39, 0.29) is 5.91 Å². The molecule has 0 unspecified atom stereocenters. The monoisotopic (exact) mass is 365 g/mol. The summed E-state index contributed by atoms with van der Waals surface area (Å²) in [5.41, 5.74) is 4.89. The SMILES string of the molecule is Cc1cccn2cc(COc3cccc(C(=O)Nc4nncs4)c3)nc12. The van der Waals surface area contributed by atoms with Gasteiger partial charge in [0.15, 0.2) is 0 Å². The Morgan fingerprint density at radius 1 is 1.31 bits per heavy atom. The van der Waals surface area contributed by atoms with Gasteiger partial charge in [0, 0.05) is 18.0 Å². The normalized spacial score (nSPS) is 10.8. The van der Waals surface area contributed by atoms with Gasteiger partial charge >= 0.3 is 0 Å². The summed E-state index contributed by atoms with van der Waals surface area (Å²) in [6.45, 7) is 2.34. The Labute approximate surface area is 153 Å². The Bertz CT molecular complexity index is 1060. The van der Waals surface area contributed by atoms with Crippen LogP contribution in [0.3, 0.4) is 0 Å². The fraction of sp³-hybridized carbons (Fsp3) is 0.111. The molecule has 0 atom stereocenters. The quantitative estimate of drug-likeness (QED) is 0.587. The van der Waals surface area contributed by atoms with Crippen LogP contribution in [-0.4, -0.2) is 25.5 Å². The highest BCUT2D eigenvalue weighted by atomic mass is 32.1. The molecule has 0 aliphatic rings. The number of aryl methyl sites for hydroxylation is 1. The third-order valence-electron chi connectivity index (χ3n) is 3.79. The van der Waals surface area contributed by atoms with Crippen molar-refractivity contribution in [2.75, 3.05) is 5.32 Å². The fourth-order valence-corrected chi connectivity index (χ4v) is 3.00. The van der Waals surface area contributed by atoms with Crippen LogP contribution in [0.25, 0.3) is 5.65 Å². The van der Waals surface area contributed by atoms with E-state index in [9.17, 15) is 4.79 Å². The van der Waals surface area contributed by atoms with E-state index in [2.05, 4.69) is 20.5 Å². The van der Waals surface area contributed by atoms with Crippen LogP contribution < -0.4 is 10.1 Å². The number of rotatable bonds is 5. The van der Waals surface area contributed by atoms with Crippen molar-refractivity contribution >= 4 is 28.0 Å². The molecule has 7 nitrogen and oxygen atoms in total. The minimum absolute atomic E-state index is 0.254. The minimum Gasteiger partial charge on any atom is -0.487 e. The first kappa shape index (κ1) is 16.2. The molecule has 0 saturated carbocycles. The number of hydrogen-bond donors (Lipinski definition) is 1. The number of imidazole rings is 1. The maximum atomic E-state index is 12.2. The van der Waals surface area contributed by atoms with E-state index < -0.39 is 0 Å². The number of carbonyl (C=O) groups excluding carboxylic acids is 1. The number of carbonyl (C=O) groups is 1. The van der Waals surface area contributed by atoms with Crippen molar-refractivity contribution in [2.24, 2.45) is 0 Å². The highest BCUT2D eigenvalue weighted by Gasteiger charge is 2.10. The van der Waals surface area contributed by atoms with Crippen molar-refractivity contribution in [3.8, 4) is 5.75 Å². The van der Waals surface area contributed by atoms with Crippen LogP contribution in [0.5, 0.6) is 5.75 Å². The Morgan fingerprint density at radius 2 is 2.23 bits per heavy atom. The van der Waals surface area contributed by atoms with E-state index >= 15 is 0 Å². The lowest BCUT2D eigenvalue weighted by Crippen LogP contribution is -2.11. The van der Waals surface area contributed by atoms with Gasteiger partial charge in [-0.15, -0.1) is 10.2 Å². The summed E-state index contributed by atoms with van der Waals surface area (Å²) in [6, 6.07) is 11.0. The minimum atomic E-state index is -0.254. The zero-order valence-electron chi connectivity index (χ0n) is 13.9. The average Bonchev–Trinajstić information content (AvgIpc) is 3.30. The lowest BCUT2D eigenvalue weighted by atomic mass is 10.2. The topological polar surface area (TPSA) is 81.4 Å². The van der Waals surface area contributed by atoms with Crippen molar-refractivity contribution in [2.45, 2.75) is 13.5 Å². The molecule has 3 aromatic heterocycles. The number of amides is 1. The number of anilines is 1. The Balaban J connectivity index is 1.46. The number of nitrogens with zero attached hydrogens (tertiary/aromatic N) is 4. The summed E-state index contributed by atoms with van der Waals surface area (Å²) in [7, 11) is 0. The first-order valence-electron chi connectivity index (χ1n) is 7.92. The van der Waals surface area contributed by atoms with Gasteiger partial charge in [-0.1, -0.05) is 23.5 Å². The second-order valence-corrected chi connectivity index (χ2v) is 6.50. The number of nitrogens with one attached hydrogen (secondary N) is 1. The van der Waals surface area contributed by atoms with Gasteiger partial charge in [0.05, 0.1) is 5.69 Å². The average molecular weight is 365 g/mol. The van der Waals surface area contributed by atoms with Gasteiger partial charge in [0.1, 0.15) is 23.5 Å². The van der Waals surface area contributed by atoms with E-state index in [0.29, 0.717) is 23.1 Å². The molecule has 0 fully saturated rings. The van der Waals surface area contributed by atoms with Crippen molar-refractivity contribution in [3.63, 3.8) is 0 Å². The first-order chi connectivity index (χ1) is 12.7. The van der Waals surface area contributed by atoms with Crippen LogP contribution in [0.4, 0.5) is 5.13 Å². The number of hydrogen-bond acceptors (Lipinski definition) is 6. The summed E-state index contributed by atoms with van der Waals surface area (Å²) in [4.78, 5) is 16.8. The van der Waals surface area contributed by atoms with Crippen molar-refractivity contribution < 1.29 is 9.53 Å². The summed E-state index contributed by atoms with van der Waals surface area (Å²) in [5, 5.41) is 10.7. The maximum Gasteiger partial charge on any atom is 0.257 e.